The van der Waals surface area contributed by atoms with Crippen LogP contribution < -0.4 is 5.32 Å². The third-order valence-electron chi connectivity index (χ3n) is 3.31. The summed E-state index contributed by atoms with van der Waals surface area (Å²) < 4.78 is 5.92. The summed E-state index contributed by atoms with van der Waals surface area (Å²) in [6.07, 6.45) is 0.315. The molecule has 1 aromatic heterocycles. The van der Waals surface area contributed by atoms with E-state index in [-0.39, 0.29) is 5.54 Å². The topological polar surface area (TPSA) is 21.3 Å². The number of ether oxygens (including phenoxy) is 1. The number of aryl methyl sites for hydroxylation is 1. The van der Waals surface area contributed by atoms with Crippen molar-refractivity contribution in [3.8, 4) is 0 Å². The van der Waals surface area contributed by atoms with E-state index in [1.165, 1.54) is 15.3 Å². The maximum Gasteiger partial charge on any atom is 0.0731 e. The van der Waals surface area contributed by atoms with Crippen LogP contribution in [0.3, 0.4) is 0 Å². The van der Waals surface area contributed by atoms with Crippen molar-refractivity contribution < 1.29 is 4.74 Å². The van der Waals surface area contributed by atoms with Crippen molar-refractivity contribution in [2.24, 2.45) is 5.92 Å². The molecular weight excluding hydrogens is 254 g/mol. The minimum Gasteiger partial charge on any atom is -0.374 e. The summed E-state index contributed by atoms with van der Waals surface area (Å²) in [7, 11) is 0. The second-order valence-corrected chi connectivity index (χ2v) is 8.00. The highest BCUT2D eigenvalue weighted by atomic mass is 32.1. The molecule has 0 aliphatic carbocycles. The van der Waals surface area contributed by atoms with Gasteiger partial charge in [0.2, 0.25) is 0 Å². The van der Waals surface area contributed by atoms with Crippen LogP contribution in [0.5, 0.6) is 0 Å². The SMILES string of the molecule is Cc1sc(CNC(C)(C)C)cc1COC(C)C(C)C. The molecule has 1 rings (SSSR count). The Morgan fingerprint density at radius 3 is 2.42 bits per heavy atom. The fraction of sp³-hybridized carbons (Fsp3) is 0.750. The number of nitrogens with one attached hydrogen (secondary N) is 1. The summed E-state index contributed by atoms with van der Waals surface area (Å²) in [5, 5.41) is 3.53. The molecule has 110 valence electrons. The Bertz CT molecular complexity index is 390. The molecule has 0 saturated heterocycles. The molecular formula is C16H29NOS. The molecule has 0 spiro atoms. The molecule has 0 aliphatic rings. The molecule has 0 aromatic carbocycles. The first kappa shape index (κ1) is 16.7. The van der Waals surface area contributed by atoms with E-state index in [0.717, 1.165) is 13.2 Å². The summed E-state index contributed by atoms with van der Waals surface area (Å²) in [6.45, 7) is 17.0. The predicted octanol–water partition coefficient (Wildman–Crippen LogP) is 4.51. The van der Waals surface area contributed by atoms with Gasteiger partial charge in [0.05, 0.1) is 12.7 Å². The predicted molar refractivity (Wildman–Crippen MR) is 84.7 cm³/mol. The van der Waals surface area contributed by atoms with Gasteiger partial charge in [0.25, 0.3) is 0 Å². The molecule has 1 atom stereocenters. The Morgan fingerprint density at radius 1 is 1.26 bits per heavy atom. The Morgan fingerprint density at radius 2 is 1.89 bits per heavy atom. The molecule has 1 aromatic rings. The molecule has 1 unspecified atom stereocenters. The smallest absolute Gasteiger partial charge is 0.0731 e. The van der Waals surface area contributed by atoms with Gasteiger partial charge >= 0.3 is 0 Å². The zero-order valence-electron chi connectivity index (χ0n) is 13.5. The maximum absolute atomic E-state index is 5.92. The van der Waals surface area contributed by atoms with E-state index >= 15 is 0 Å². The lowest BCUT2D eigenvalue weighted by atomic mass is 10.1. The Hall–Kier alpha value is -0.380. The third kappa shape index (κ3) is 6.07. The molecule has 0 amide bonds. The van der Waals surface area contributed by atoms with Crippen LogP contribution >= 0.6 is 11.3 Å². The van der Waals surface area contributed by atoms with Gasteiger partial charge in [-0.3, -0.25) is 0 Å². The average Bonchev–Trinajstić information content (AvgIpc) is 2.63. The highest BCUT2D eigenvalue weighted by molar-refractivity contribution is 7.12. The van der Waals surface area contributed by atoms with Gasteiger partial charge < -0.3 is 10.1 Å². The molecule has 0 fully saturated rings. The number of rotatable bonds is 6. The summed E-state index contributed by atoms with van der Waals surface area (Å²) >= 11 is 1.87. The van der Waals surface area contributed by atoms with E-state index in [1.807, 2.05) is 11.3 Å². The van der Waals surface area contributed by atoms with Crippen LogP contribution in [-0.2, 0) is 17.9 Å². The largest absolute Gasteiger partial charge is 0.374 e. The van der Waals surface area contributed by atoms with E-state index in [9.17, 15) is 0 Å². The van der Waals surface area contributed by atoms with E-state index in [0.29, 0.717) is 12.0 Å². The monoisotopic (exact) mass is 283 g/mol. The van der Waals surface area contributed by atoms with Gasteiger partial charge in [-0.1, -0.05) is 13.8 Å². The summed E-state index contributed by atoms with van der Waals surface area (Å²) in [4.78, 5) is 2.77. The highest BCUT2D eigenvalue weighted by Crippen LogP contribution is 2.23. The highest BCUT2D eigenvalue weighted by Gasteiger charge is 2.13. The van der Waals surface area contributed by atoms with Crippen molar-refractivity contribution in [1.29, 1.82) is 0 Å². The van der Waals surface area contributed by atoms with Crippen molar-refractivity contribution >= 4 is 11.3 Å². The Balaban J connectivity index is 2.54. The van der Waals surface area contributed by atoms with Gasteiger partial charge in [0.1, 0.15) is 0 Å². The van der Waals surface area contributed by atoms with Gasteiger partial charge in [-0.05, 0) is 52.2 Å². The second-order valence-electron chi connectivity index (χ2n) is 6.66. The van der Waals surface area contributed by atoms with Crippen molar-refractivity contribution in [2.75, 3.05) is 0 Å². The van der Waals surface area contributed by atoms with E-state index in [2.05, 4.69) is 59.8 Å². The first-order valence-corrected chi connectivity index (χ1v) is 7.95. The normalized spacial score (nSPS) is 14.1. The van der Waals surface area contributed by atoms with Gasteiger partial charge in [-0.15, -0.1) is 11.3 Å². The van der Waals surface area contributed by atoms with Crippen molar-refractivity contribution in [3.05, 3.63) is 21.4 Å². The first-order valence-electron chi connectivity index (χ1n) is 7.14. The third-order valence-corrected chi connectivity index (χ3v) is 4.40. The van der Waals surface area contributed by atoms with Crippen LogP contribution in [-0.4, -0.2) is 11.6 Å². The molecule has 1 N–H and O–H groups in total. The van der Waals surface area contributed by atoms with Crippen molar-refractivity contribution in [1.82, 2.24) is 5.32 Å². The lowest BCUT2D eigenvalue weighted by molar-refractivity contribution is 0.0234. The molecule has 0 saturated carbocycles. The summed E-state index contributed by atoms with van der Waals surface area (Å²) in [5.74, 6) is 0.570. The second kappa shape index (κ2) is 6.87. The lowest BCUT2D eigenvalue weighted by Crippen LogP contribution is -2.34. The van der Waals surface area contributed by atoms with Gasteiger partial charge in [0.15, 0.2) is 0 Å². The summed E-state index contributed by atoms with van der Waals surface area (Å²) in [6, 6.07) is 2.28. The van der Waals surface area contributed by atoms with E-state index < -0.39 is 0 Å². The average molecular weight is 283 g/mol. The zero-order valence-corrected chi connectivity index (χ0v) is 14.3. The fourth-order valence-corrected chi connectivity index (χ4v) is 2.57. The molecule has 2 nitrogen and oxygen atoms in total. The van der Waals surface area contributed by atoms with Crippen molar-refractivity contribution in [3.63, 3.8) is 0 Å². The number of hydrogen-bond acceptors (Lipinski definition) is 3. The van der Waals surface area contributed by atoms with Crippen LogP contribution in [0, 0.1) is 12.8 Å². The molecule has 3 heteroatoms. The Labute approximate surface area is 122 Å². The van der Waals surface area contributed by atoms with Crippen LogP contribution in [0.25, 0.3) is 0 Å². The molecule has 0 aliphatic heterocycles. The van der Waals surface area contributed by atoms with Crippen LogP contribution in [0.4, 0.5) is 0 Å². The lowest BCUT2D eigenvalue weighted by Gasteiger charge is -2.19. The van der Waals surface area contributed by atoms with Crippen molar-refractivity contribution in [2.45, 2.75) is 73.3 Å². The van der Waals surface area contributed by atoms with Gasteiger partial charge in [-0.25, -0.2) is 0 Å². The zero-order chi connectivity index (χ0) is 14.6. The van der Waals surface area contributed by atoms with Crippen LogP contribution in [0.2, 0.25) is 0 Å². The molecule has 0 bridgehead atoms. The summed E-state index contributed by atoms with van der Waals surface area (Å²) in [5.41, 5.74) is 1.50. The number of thiophene rings is 1. The Kier molecular flexibility index (Phi) is 6.03. The van der Waals surface area contributed by atoms with E-state index in [1.54, 1.807) is 0 Å². The van der Waals surface area contributed by atoms with Gasteiger partial charge in [0, 0.05) is 21.8 Å². The molecule has 19 heavy (non-hydrogen) atoms. The van der Waals surface area contributed by atoms with E-state index in [4.69, 9.17) is 4.74 Å². The standard InChI is InChI=1S/C16H29NOS/c1-11(2)12(3)18-10-14-8-15(19-13(14)4)9-17-16(5,6)7/h8,11-12,17H,9-10H2,1-7H3. The maximum atomic E-state index is 5.92. The molecule has 1 heterocycles. The van der Waals surface area contributed by atoms with Crippen LogP contribution in [0.1, 0.15) is 56.9 Å². The molecule has 0 radical (unpaired) electrons. The van der Waals surface area contributed by atoms with Gasteiger partial charge in [-0.2, -0.15) is 0 Å². The van der Waals surface area contributed by atoms with Crippen LogP contribution in [0.15, 0.2) is 6.07 Å². The minimum absolute atomic E-state index is 0.167. The number of hydrogen-bond donors (Lipinski definition) is 1. The first-order chi connectivity index (χ1) is 8.69. The fourth-order valence-electron chi connectivity index (χ4n) is 1.58. The minimum atomic E-state index is 0.167. The quantitative estimate of drug-likeness (QED) is 0.829.